The van der Waals surface area contributed by atoms with Crippen LogP contribution in [0.1, 0.15) is 6.92 Å². The van der Waals surface area contributed by atoms with Gasteiger partial charge in [0.1, 0.15) is 19.0 Å². The molecule has 0 saturated heterocycles. The Morgan fingerprint density at radius 3 is 2.79 bits per heavy atom. The summed E-state index contributed by atoms with van der Waals surface area (Å²) in [5, 5.41) is 11.8. The van der Waals surface area contributed by atoms with Crippen molar-refractivity contribution in [1.29, 1.82) is 0 Å². The molecule has 1 aliphatic rings. The van der Waals surface area contributed by atoms with E-state index in [4.69, 9.17) is 9.47 Å². The zero-order chi connectivity index (χ0) is 20.2. The second kappa shape index (κ2) is 8.52. The van der Waals surface area contributed by atoms with Gasteiger partial charge in [0.15, 0.2) is 22.5 Å². The highest BCUT2D eigenvalue weighted by Gasteiger charge is 2.16. The van der Waals surface area contributed by atoms with Crippen LogP contribution in [0.4, 0.5) is 10.1 Å². The molecular weight excluding hydrogens is 395 g/mol. The molecule has 29 heavy (non-hydrogen) atoms. The molecule has 3 aromatic rings. The molecule has 7 nitrogen and oxygen atoms in total. The van der Waals surface area contributed by atoms with Crippen molar-refractivity contribution in [1.82, 2.24) is 14.8 Å². The van der Waals surface area contributed by atoms with E-state index in [0.29, 0.717) is 53.5 Å². The monoisotopic (exact) mass is 414 g/mol. The number of nitrogens with zero attached hydrogens (tertiary/aromatic N) is 3. The van der Waals surface area contributed by atoms with E-state index in [-0.39, 0.29) is 17.5 Å². The van der Waals surface area contributed by atoms with E-state index >= 15 is 0 Å². The summed E-state index contributed by atoms with van der Waals surface area (Å²) in [7, 11) is 0. The molecule has 0 unspecified atom stereocenters. The standard InChI is InChI=1S/C20H19FN4O3S/c1-2-25-19(13-4-3-5-14(21)10-13)23-24-20(25)29-12-18(26)22-15-6-7-16-17(11-15)28-9-8-27-16/h3-7,10-11H,2,8-9,12H2,1H3,(H,22,26). The number of halogens is 1. The van der Waals surface area contributed by atoms with E-state index in [1.165, 1.54) is 23.9 Å². The summed E-state index contributed by atoms with van der Waals surface area (Å²) < 4.78 is 26.4. The molecule has 4 rings (SSSR count). The highest BCUT2D eigenvalue weighted by Crippen LogP contribution is 2.32. The zero-order valence-electron chi connectivity index (χ0n) is 15.7. The molecule has 9 heteroatoms. The van der Waals surface area contributed by atoms with Gasteiger partial charge < -0.3 is 19.4 Å². The van der Waals surface area contributed by atoms with Gasteiger partial charge in [0.05, 0.1) is 5.75 Å². The summed E-state index contributed by atoms with van der Waals surface area (Å²) in [5.74, 6) is 1.51. The summed E-state index contributed by atoms with van der Waals surface area (Å²) >= 11 is 1.28. The normalized spacial score (nSPS) is 12.6. The minimum absolute atomic E-state index is 0.162. The van der Waals surface area contributed by atoms with Crippen molar-refractivity contribution >= 4 is 23.4 Å². The lowest BCUT2D eigenvalue weighted by molar-refractivity contribution is -0.113. The molecule has 1 aromatic heterocycles. The lowest BCUT2D eigenvalue weighted by Crippen LogP contribution is -2.17. The largest absolute Gasteiger partial charge is 0.486 e. The number of nitrogens with one attached hydrogen (secondary N) is 1. The third-order valence-corrected chi connectivity index (χ3v) is 5.24. The predicted octanol–water partition coefficient (Wildman–Crippen LogP) is 3.61. The summed E-state index contributed by atoms with van der Waals surface area (Å²) in [6, 6.07) is 11.5. The van der Waals surface area contributed by atoms with Crippen molar-refractivity contribution in [2.45, 2.75) is 18.6 Å². The van der Waals surface area contributed by atoms with Crippen LogP contribution in [0.3, 0.4) is 0 Å². The summed E-state index contributed by atoms with van der Waals surface area (Å²) in [6.07, 6.45) is 0. The number of hydrogen-bond donors (Lipinski definition) is 1. The van der Waals surface area contributed by atoms with Crippen LogP contribution in [0, 0.1) is 5.82 Å². The maximum Gasteiger partial charge on any atom is 0.234 e. The number of anilines is 1. The molecular formula is C20H19FN4O3S. The topological polar surface area (TPSA) is 78.3 Å². The van der Waals surface area contributed by atoms with Gasteiger partial charge in [-0.25, -0.2) is 4.39 Å². The molecule has 0 bridgehead atoms. The lowest BCUT2D eigenvalue weighted by Gasteiger charge is -2.19. The fraction of sp³-hybridized carbons (Fsp3) is 0.250. The molecule has 1 aliphatic heterocycles. The second-order valence-electron chi connectivity index (χ2n) is 6.26. The SMILES string of the molecule is CCn1c(SCC(=O)Nc2ccc3c(c2)OCCO3)nnc1-c1cccc(F)c1. The summed E-state index contributed by atoms with van der Waals surface area (Å²) in [5.41, 5.74) is 1.28. The van der Waals surface area contributed by atoms with Crippen molar-refractivity contribution in [2.24, 2.45) is 0 Å². The Balaban J connectivity index is 1.42. The quantitative estimate of drug-likeness (QED) is 0.621. The Kier molecular flexibility index (Phi) is 5.66. The average Bonchev–Trinajstić information content (AvgIpc) is 3.15. The Morgan fingerprint density at radius 2 is 2.00 bits per heavy atom. The first-order valence-electron chi connectivity index (χ1n) is 9.15. The molecule has 150 valence electrons. The molecule has 0 spiro atoms. The third-order valence-electron chi connectivity index (χ3n) is 4.27. The Labute approximate surface area is 171 Å². The third kappa shape index (κ3) is 4.34. The number of ether oxygens (including phenoxy) is 2. The number of fused-ring (bicyclic) bond motifs is 1. The Morgan fingerprint density at radius 1 is 1.17 bits per heavy atom. The second-order valence-corrected chi connectivity index (χ2v) is 7.20. The van der Waals surface area contributed by atoms with Crippen molar-refractivity contribution in [3.8, 4) is 22.9 Å². The predicted molar refractivity (Wildman–Crippen MR) is 108 cm³/mol. The number of thioether (sulfide) groups is 1. The van der Waals surface area contributed by atoms with Gasteiger partial charge in [0, 0.05) is 23.9 Å². The van der Waals surface area contributed by atoms with Crippen molar-refractivity contribution < 1.29 is 18.7 Å². The van der Waals surface area contributed by atoms with Crippen LogP contribution in [0.15, 0.2) is 47.6 Å². The van der Waals surface area contributed by atoms with Crippen molar-refractivity contribution in [3.05, 3.63) is 48.3 Å². The number of rotatable bonds is 6. The maximum atomic E-state index is 13.5. The smallest absolute Gasteiger partial charge is 0.234 e. The van der Waals surface area contributed by atoms with E-state index < -0.39 is 0 Å². The lowest BCUT2D eigenvalue weighted by atomic mass is 10.2. The van der Waals surface area contributed by atoms with Gasteiger partial charge in [0.2, 0.25) is 5.91 Å². The first kappa shape index (κ1) is 19.3. The van der Waals surface area contributed by atoms with Gasteiger partial charge in [-0.15, -0.1) is 10.2 Å². The molecule has 0 saturated carbocycles. The van der Waals surface area contributed by atoms with Crippen LogP contribution >= 0.6 is 11.8 Å². The van der Waals surface area contributed by atoms with Crippen LogP contribution < -0.4 is 14.8 Å². The van der Waals surface area contributed by atoms with Crippen LogP contribution in [0.2, 0.25) is 0 Å². The molecule has 0 atom stereocenters. The summed E-state index contributed by atoms with van der Waals surface area (Å²) in [6.45, 7) is 3.56. The number of benzene rings is 2. The molecule has 0 fully saturated rings. The minimum Gasteiger partial charge on any atom is -0.486 e. The zero-order valence-corrected chi connectivity index (χ0v) is 16.5. The molecule has 2 aromatic carbocycles. The van der Waals surface area contributed by atoms with E-state index in [9.17, 15) is 9.18 Å². The van der Waals surface area contributed by atoms with Crippen molar-refractivity contribution in [2.75, 3.05) is 24.3 Å². The number of carbonyl (C=O) groups excluding carboxylic acids is 1. The van der Waals surface area contributed by atoms with E-state index in [2.05, 4.69) is 15.5 Å². The van der Waals surface area contributed by atoms with Crippen LogP contribution in [-0.4, -0.2) is 39.6 Å². The minimum atomic E-state index is -0.332. The molecule has 0 radical (unpaired) electrons. The number of amides is 1. The highest BCUT2D eigenvalue weighted by atomic mass is 32.2. The number of hydrogen-bond acceptors (Lipinski definition) is 6. The van der Waals surface area contributed by atoms with Crippen molar-refractivity contribution in [3.63, 3.8) is 0 Å². The van der Waals surface area contributed by atoms with E-state index in [1.54, 1.807) is 30.3 Å². The van der Waals surface area contributed by atoms with Gasteiger partial charge in [-0.3, -0.25) is 4.79 Å². The van der Waals surface area contributed by atoms with Crippen LogP contribution in [0.25, 0.3) is 11.4 Å². The highest BCUT2D eigenvalue weighted by molar-refractivity contribution is 7.99. The fourth-order valence-electron chi connectivity index (χ4n) is 2.97. The van der Waals surface area contributed by atoms with Gasteiger partial charge in [0.25, 0.3) is 0 Å². The first-order chi connectivity index (χ1) is 14.1. The van der Waals surface area contributed by atoms with Gasteiger partial charge in [-0.2, -0.15) is 0 Å². The van der Waals surface area contributed by atoms with Gasteiger partial charge >= 0.3 is 0 Å². The maximum absolute atomic E-state index is 13.5. The fourth-order valence-corrected chi connectivity index (χ4v) is 3.77. The van der Waals surface area contributed by atoms with Crippen LogP contribution in [0.5, 0.6) is 11.5 Å². The Hall–Kier alpha value is -3.07. The van der Waals surface area contributed by atoms with Gasteiger partial charge in [-0.1, -0.05) is 23.9 Å². The first-order valence-corrected chi connectivity index (χ1v) is 10.1. The Bertz CT molecular complexity index is 1040. The molecule has 1 amide bonds. The van der Waals surface area contributed by atoms with E-state index in [0.717, 1.165) is 0 Å². The average molecular weight is 414 g/mol. The molecule has 1 N–H and O–H groups in total. The molecule has 0 aliphatic carbocycles. The number of carbonyl (C=O) groups is 1. The number of aromatic nitrogens is 3. The summed E-state index contributed by atoms with van der Waals surface area (Å²) in [4.78, 5) is 12.4. The van der Waals surface area contributed by atoms with Crippen LogP contribution in [-0.2, 0) is 11.3 Å². The molecule has 2 heterocycles. The van der Waals surface area contributed by atoms with Gasteiger partial charge in [-0.05, 0) is 31.2 Å². The van der Waals surface area contributed by atoms with E-state index in [1.807, 2.05) is 11.5 Å².